The lowest BCUT2D eigenvalue weighted by Crippen LogP contribution is -2.50. The predicted molar refractivity (Wildman–Crippen MR) is 104 cm³/mol. The van der Waals surface area contributed by atoms with Gasteiger partial charge in [0.1, 0.15) is 0 Å². The Morgan fingerprint density at radius 3 is 2.72 bits per heavy atom. The number of nitrogens with zero attached hydrogens (tertiary/aromatic N) is 2. The van der Waals surface area contributed by atoms with Crippen molar-refractivity contribution >= 4 is 17.3 Å². The first-order valence-electron chi connectivity index (χ1n) is 9.14. The molecule has 1 aromatic rings. The van der Waals surface area contributed by atoms with Gasteiger partial charge >= 0.3 is 0 Å². The van der Waals surface area contributed by atoms with Gasteiger partial charge < -0.3 is 24.6 Å². The zero-order valence-corrected chi connectivity index (χ0v) is 16.3. The summed E-state index contributed by atoms with van der Waals surface area (Å²) in [7, 11) is 2.19. The molecule has 1 aromatic carbocycles. The summed E-state index contributed by atoms with van der Waals surface area (Å²) in [6.45, 7) is 8.66. The van der Waals surface area contributed by atoms with Crippen molar-refractivity contribution in [2.24, 2.45) is 5.92 Å². The van der Waals surface area contributed by atoms with Gasteiger partial charge in [0.05, 0.1) is 0 Å². The Hall–Kier alpha value is -1.53. The van der Waals surface area contributed by atoms with E-state index in [2.05, 4.69) is 48.1 Å². The molecule has 0 aromatic heterocycles. The Balaban J connectivity index is 1.72. The van der Waals surface area contributed by atoms with E-state index in [1.54, 1.807) is 0 Å². The second kappa shape index (κ2) is 8.23. The van der Waals surface area contributed by atoms with Gasteiger partial charge in [0.2, 0.25) is 6.79 Å². The summed E-state index contributed by atoms with van der Waals surface area (Å²) in [6, 6.07) is 6.67. The number of hydrogen-bond donors (Lipinski definition) is 1. The molecule has 138 valence electrons. The van der Waals surface area contributed by atoms with Crippen molar-refractivity contribution in [2.45, 2.75) is 39.3 Å². The predicted octanol–water partition coefficient (Wildman–Crippen LogP) is 2.84. The summed E-state index contributed by atoms with van der Waals surface area (Å²) in [4.78, 5) is 4.75. The lowest BCUT2D eigenvalue weighted by atomic mass is 10.0. The first-order valence-corrected chi connectivity index (χ1v) is 9.55. The molecule has 1 N–H and O–H groups in total. The highest BCUT2D eigenvalue weighted by molar-refractivity contribution is 7.80. The highest BCUT2D eigenvalue weighted by Gasteiger charge is 2.26. The van der Waals surface area contributed by atoms with Crippen LogP contribution in [0, 0.1) is 5.92 Å². The molecule has 0 saturated carbocycles. The Morgan fingerprint density at radius 1 is 1.28 bits per heavy atom. The van der Waals surface area contributed by atoms with E-state index in [1.165, 1.54) is 5.56 Å². The van der Waals surface area contributed by atoms with Gasteiger partial charge in [0.25, 0.3) is 0 Å². The fraction of sp³-hybridized carbons (Fsp3) is 0.632. The van der Waals surface area contributed by atoms with Crippen molar-refractivity contribution < 1.29 is 9.47 Å². The molecule has 0 amide bonds. The molecule has 25 heavy (non-hydrogen) atoms. The van der Waals surface area contributed by atoms with Crippen LogP contribution in [0.25, 0.3) is 0 Å². The van der Waals surface area contributed by atoms with Crippen LogP contribution in [0.4, 0.5) is 0 Å². The van der Waals surface area contributed by atoms with Crippen LogP contribution >= 0.6 is 12.2 Å². The molecular weight excluding hydrogens is 334 g/mol. The quantitative estimate of drug-likeness (QED) is 0.811. The average Bonchev–Trinajstić information content (AvgIpc) is 3.06. The van der Waals surface area contributed by atoms with E-state index in [0.29, 0.717) is 18.8 Å². The molecule has 3 rings (SSSR count). The van der Waals surface area contributed by atoms with Gasteiger partial charge in [-0.3, -0.25) is 0 Å². The SMILES string of the molecule is CC(C)CNC(=S)N(Cc1ccc2c(c1)OCO2)C1CCN(C)CC1. The van der Waals surface area contributed by atoms with Crippen LogP contribution in [0.5, 0.6) is 11.5 Å². The van der Waals surface area contributed by atoms with Crippen LogP contribution in [0.3, 0.4) is 0 Å². The Bertz CT molecular complexity index is 600. The van der Waals surface area contributed by atoms with Gasteiger partial charge in [0.15, 0.2) is 16.6 Å². The van der Waals surface area contributed by atoms with E-state index in [1.807, 2.05) is 6.07 Å². The number of hydrogen-bond acceptors (Lipinski definition) is 4. The maximum absolute atomic E-state index is 5.75. The number of fused-ring (bicyclic) bond motifs is 1. The number of nitrogens with one attached hydrogen (secondary N) is 1. The Kier molecular flexibility index (Phi) is 6.02. The molecule has 1 fully saturated rings. The van der Waals surface area contributed by atoms with Gasteiger partial charge in [-0.2, -0.15) is 0 Å². The summed E-state index contributed by atoms with van der Waals surface area (Å²) < 4.78 is 10.9. The van der Waals surface area contributed by atoms with E-state index >= 15 is 0 Å². The van der Waals surface area contributed by atoms with Crippen molar-refractivity contribution in [3.63, 3.8) is 0 Å². The Morgan fingerprint density at radius 2 is 2.00 bits per heavy atom. The van der Waals surface area contributed by atoms with E-state index in [-0.39, 0.29) is 0 Å². The zero-order chi connectivity index (χ0) is 17.8. The third-order valence-electron chi connectivity index (χ3n) is 4.84. The fourth-order valence-corrected chi connectivity index (χ4v) is 3.60. The summed E-state index contributed by atoms with van der Waals surface area (Å²) in [6.07, 6.45) is 2.29. The second-order valence-electron chi connectivity index (χ2n) is 7.43. The largest absolute Gasteiger partial charge is 0.454 e. The van der Waals surface area contributed by atoms with Crippen molar-refractivity contribution in [1.82, 2.24) is 15.1 Å². The third-order valence-corrected chi connectivity index (χ3v) is 5.22. The van der Waals surface area contributed by atoms with Gasteiger partial charge in [-0.05, 0) is 68.8 Å². The van der Waals surface area contributed by atoms with Crippen LogP contribution in [-0.4, -0.2) is 54.4 Å². The summed E-state index contributed by atoms with van der Waals surface area (Å²) in [5.74, 6) is 2.24. The van der Waals surface area contributed by atoms with Gasteiger partial charge in [-0.25, -0.2) is 0 Å². The topological polar surface area (TPSA) is 37.0 Å². The molecular formula is C19H29N3O2S. The number of piperidine rings is 1. The number of ether oxygens (including phenoxy) is 2. The summed E-state index contributed by atoms with van der Waals surface area (Å²) >= 11 is 5.75. The molecule has 0 spiro atoms. The number of thiocarbonyl (C=S) groups is 1. The van der Waals surface area contributed by atoms with Crippen LogP contribution < -0.4 is 14.8 Å². The normalized spacial score (nSPS) is 17.8. The third kappa shape index (κ3) is 4.76. The molecule has 0 aliphatic carbocycles. The van der Waals surface area contributed by atoms with Crippen LogP contribution in [0.2, 0.25) is 0 Å². The lowest BCUT2D eigenvalue weighted by Gasteiger charge is -2.39. The van der Waals surface area contributed by atoms with E-state index in [9.17, 15) is 0 Å². The smallest absolute Gasteiger partial charge is 0.231 e. The van der Waals surface area contributed by atoms with E-state index in [4.69, 9.17) is 21.7 Å². The molecule has 0 bridgehead atoms. The molecule has 1 saturated heterocycles. The van der Waals surface area contributed by atoms with Crippen LogP contribution in [0.1, 0.15) is 32.3 Å². The number of benzene rings is 1. The van der Waals surface area contributed by atoms with Crippen molar-refractivity contribution in [3.8, 4) is 11.5 Å². The molecule has 0 atom stereocenters. The van der Waals surface area contributed by atoms with Crippen molar-refractivity contribution in [3.05, 3.63) is 23.8 Å². The zero-order valence-electron chi connectivity index (χ0n) is 15.5. The molecule has 2 aliphatic rings. The van der Waals surface area contributed by atoms with Crippen molar-refractivity contribution in [2.75, 3.05) is 33.5 Å². The maximum Gasteiger partial charge on any atom is 0.231 e. The average molecular weight is 364 g/mol. The fourth-order valence-electron chi connectivity index (χ4n) is 3.30. The molecule has 6 heteroatoms. The highest BCUT2D eigenvalue weighted by atomic mass is 32.1. The second-order valence-corrected chi connectivity index (χ2v) is 7.82. The van der Waals surface area contributed by atoms with E-state index in [0.717, 1.165) is 55.6 Å². The molecule has 0 unspecified atom stereocenters. The monoisotopic (exact) mass is 363 g/mol. The number of rotatable bonds is 5. The highest BCUT2D eigenvalue weighted by Crippen LogP contribution is 2.33. The van der Waals surface area contributed by atoms with E-state index < -0.39 is 0 Å². The van der Waals surface area contributed by atoms with Crippen LogP contribution in [0.15, 0.2) is 18.2 Å². The minimum Gasteiger partial charge on any atom is -0.454 e. The first kappa shape index (κ1) is 18.3. The maximum atomic E-state index is 5.75. The summed E-state index contributed by atoms with van der Waals surface area (Å²) in [5, 5.41) is 4.31. The standard InChI is InChI=1S/C19H29N3O2S/c1-14(2)11-20-19(25)22(16-6-8-21(3)9-7-16)12-15-4-5-17-18(10-15)24-13-23-17/h4-5,10,14,16H,6-9,11-13H2,1-3H3,(H,20,25). The molecule has 2 heterocycles. The minimum atomic E-state index is 0.311. The first-order chi connectivity index (χ1) is 12.0. The van der Waals surface area contributed by atoms with Crippen LogP contribution in [-0.2, 0) is 6.54 Å². The molecule has 5 nitrogen and oxygen atoms in total. The van der Waals surface area contributed by atoms with Gasteiger partial charge in [-0.1, -0.05) is 19.9 Å². The lowest BCUT2D eigenvalue weighted by molar-refractivity contribution is 0.170. The van der Waals surface area contributed by atoms with Crippen molar-refractivity contribution in [1.29, 1.82) is 0 Å². The Labute approximate surface area is 156 Å². The van der Waals surface area contributed by atoms with Gasteiger partial charge in [-0.15, -0.1) is 0 Å². The minimum absolute atomic E-state index is 0.311. The summed E-state index contributed by atoms with van der Waals surface area (Å²) in [5.41, 5.74) is 1.21. The van der Waals surface area contributed by atoms with Gasteiger partial charge in [0, 0.05) is 19.1 Å². The molecule has 0 radical (unpaired) electrons. The molecule has 2 aliphatic heterocycles. The number of likely N-dealkylation sites (tertiary alicyclic amines) is 1.